The summed E-state index contributed by atoms with van der Waals surface area (Å²) in [5.41, 5.74) is -0.740. The van der Waals surface area contributed by atoms with Crippen LogP contribution in [0.15, 0.2) is 0 Å². The molecule has 0 bridgehead atoms. The highest BCUT2D eigenvalue weighted by Gasteiger charge is 2.28. The molecule has 0 aromatic rings. The fourth-order valence-corrected chi connectivity index (χ4v) is 1.67. The van der Waals surface area contributed by atoms with Gasteiger partial charge in [-0.3, -0.25) is 0 Å². The van der Waals surface area contributed by atoms with Crippen molar-refractivity contribution in [2.45, 2.75) is 64.3 Å². The first-order chi connectivity index (χ1) is 6.92. The van der Waals surface area contributed by atoms with Gasteiger partial charge < -0.3 is 14.9 Å². The molecule has 1 rings (SSSR count). The Morgan fingerprint density at radius 3 is 2.27 bits per heavy atom. The van der Waals surface area contributed by atoms with E-state index < -0.39 is 5.60 Å². The number of rotatable bonds is 4. The summed E-state index contributed by atoms with van der Waals surface area (Å²) in [5.74, 6) is 0.201. The summed E-state index contributed by atoms with van der Waals surface area (Å²) in [4.78, 5) is 0. The van der Waals surface area contributed by atoms with Crippen molar-refractivity contribution in [3.63, 3.8) is 0 Å². The average molecular weight is 216 g/mol. The molecule has 1 atom stereocenters. The molecule has 1 aliphatic carbocycles. The third kappa shape index (κ3) is 4.09. The molecule has 15 heavy (non-hydrogen) atoms. The van der Waals surface area contributed by atoms with Crippen molar-refractivity contribution >= 4 is 0 Å². The lowest BCUT2D eigenvalue weighted by molar-refractivity contribution is -0.0989. The lowest BCUT2D eigenvalue weighted by atomic mass is 9.92. The quantitative estimate of drug-likeness (QED) is 0.752. The number of aliphatic hydroxyl groups excluding tert-OH is 1. The van der Waals surface area contributed by atoms with Gasteiger partial charge in [-0.2, -0.15) is 0 Å². The summed E-state index contributed by atoms with van der Waals surface area (Å²) in [6.45, 7) is 6.20. The molecule has 0 aromatic heterocycles. The van der Waals surface area contributed by atoms with Crippen LogP contribution in [0.2, 0.25) is 0 Å². The second-order valence-corrected chi connectivity index (χ2v) is 5.25. The van der Waals surface area contributed by atoms with Crippen molar-refractivity contribution in [2.24, 2.45) is 5.92 Å². The van der Waals surface area contributed by atoms with Gasteiger partial charge in [-0.05, 0) is 38.5 Å². The zero-order valence-electron chi connectivity index (χ0n) is 10.1. The number of ether oxygens (including phenoxy) is 1. The minimum absolute atomic E-state index is 0.143. The molecule has 3 heteroatoms. The zero-order valence-corrected chi connectivity index (χ0v) is 10.1. The predicted octanol–water partition coefficient (Wildman–Crippen LogP) is 1.71. The monoisotopic (exact) mass is 216 g/mol. The molecule has 90 valence electrons. The van der Waals surface area contributed by atoms with Gasteiger partial charge in [0.15, 0.2) is 0 Å². The Morgan fingerprint density at radius 2 is 1.80 bits per heavy atom. The van der Waals surface area contributed by atoms with Crippen molar-refractivity contribution in [3.05, 3.63) is 0 Å². The summed E-state index contributed by atoms with van der Waals surface area (Å²) in [5, 5.41) is 19.3. The van der Waals surface area contributed by atoms with E-state index in [-0.39, 0.29) is 18.1 Å². The van der Waals surface area contributed by atoms with E-state index in [4.69, 9.17) is 4.74 Å². The number of hydrogen-bond donors (Lipinski definition) is 2. The van der Waals surface area contributed by atoms with Crippen molar-refractivity contribution < 1.29 is 14.9 Å². The second kappa shape index (κ2) is 5.28. The van der Waals surface area contributed by atoms with E-state index in [2.05, 4.69) is 0 Å². The van der Waals surface area contributed by atoms with E-state index in [9.17, 15) is 10.2 Å². The zero-order chi connectivity index (χ0) is 11.5. The van der Waals surface area contributed by atoms with Gasteiger partial charge in [0, 0.05) is 0 Å². The molecule has 1 aliphatic rings. The Kier molecular flexibility index (Phi) is 4.56. The molecular formula is C12H24O3. The van der Waals surface area contributed by atoms with E-state index in [1.807, 2.05) is 20.8 Å². The summed E-state index contributed by atoms with van der Waals surface area (Å²) in [6.07, 6.45) is 3.56. The SMILES string of the molecule is CC(C)C(C)(O)COC1CCC(O)CC1. The summed E-state index contributed by atoms with van der Waals surface area (Å²) < 4.78 is 5.70. The maximum Gasteiger partial charge on any atom is 0.0875 e. The van der Waals surface area contributed by atoms with Crippen LogP contribution in [-0.4, -0.2) is 34.6 Å². The van der Waals surface area contributed by atoms with Crippen LogP contribution >= 0.6 is 0 Å². The normalized spacial score (nSPS) is 31.6. The van der Waals surface area contributed by atoms with Gasteiger partial charge in [0.1, 0.15) is 0 Å². The smallest absolute Gasteiger partial charge is 0.0875 e. The Morgan fingerprint density at radius 1 is 1.27 bits per heavy atom. The molecule has 0 aromatic carbocycles. The molecule has 2 N–H and O–H groups in total. The van der Waals surface area contributed by atoms with Gasteiger partial charge in [-0.1, -0.05) is 13.8 Å². The highest BCUT2D eigenvalue weighted by molar-refractivity contribution is 4.78. The fraction of sp³-hybridized carbons (Fsp3) is 1.00. The van der Waals surface area contributed by atoms with Gasteiger partial charge in [0.2, 0.25) is 0 Å². The first kappa shape index (κ1) is 12.9. The Bertz CT molecular complexity index is 181. The van der Waals surface area contributed by atoms with Crippen LogP contribution in [0.5, 0.6) is 0 Å². The van der Waals surface area contributed by atoms with E-state index >= 15 is 0 Å². The Hall–Kier alpha value is -0.120. The number of aliphatic hydroxyl groups is 2. The maximum absolute atomic E-state index is 10.00. The average Bonchev–Trinajstić information content (AvgIpc) is 2.17. The topological polar surface area (TPSA) is 49.7 Å². The van der Waals surface area contributed by atoms with Crippen molar-refractivity contribution in [2.75, 3.05) is 6.61 Å². The van der Waals surface area contributed by atoms with E-state index in [0.29, 0.717) is 6.61 Å². The summed E-state index contributed by atoms with van der Waals surface area (Å²) in [7, 11) is 0. The molecular weight excluding hydrogens is 192 g/mol. The maximum atomic E-state index is 10.00. The Labute approximate surface area is 92.4 Å². The van der Waals surface area contributed by atoms with Crippen LogP contribution in [0.3, 0.4) is 0 Å². The lowest BCUT2D eigenvalue weighted by Crippen LogP contribution is -2.39. The molecule has 0 amide bonds. The minimum atomic E-state index is -0.740. The molecule has 1 saturated carbocycles. The van der Waals surface area contributed by atoms with Crippen LogP contribution in [0.4, 0.5) is 0 Å². The van der Waals surface area contributed by atoms with Gasteiger partial charge in [-0.25, -0.2) is 0 Å². The van der Waals surface area contributed by atoms with Crippen LogP contribution in [0, 0.1) is 5.92 Å². The lowest BCUT2D eigenvalue weighted by Gasteiger charge is -2.32. The van der Waals surface area contributed by atoms with Crippen LogP contribution < -0.4 is 0 Å². The van der Waals surface area contributed by atoms with E-state index in [1.54, 1.807) is 0 Å². The van der Waals surface area contributed by atoms with Gasteiger partial charge in [0.05, 0.1) is 24.4 Å². The van der Waals surface area contributed by atoms with Crippen LogP contribution in [-0.2, 0) is 4.74 Å². The highest BCUT2D eigenvalue weighted by Crippen LogP contribution is 2.23. The Balaban J connectivity index is 2.25. The van der Waals surface area contributed by atoms with Crippen LogP contribution in [0.1, 0.15) is 46.5 Å². The van der Waals surface area contributed by atoms with Gasteiger partial charge in [0.25, 0.3) is 0 Å². The molecule has 1 unspecified atom stereocenters. The number of hydrogen-bond acceptors (Lipinski definition) is 3. The summed E-state index contributed by atoms with van der Waals surface area (Å²) in [6, 6.07) is 0. The van der Waals surface area contributed by atoms with Gasteiger partial charge in [-0.15, -0.1) is 0 Å². The molecule has 0 radical (unpaired) electrons. The van der Waals surface area contributed by atoms with Gasteiger partial charge >= 0.3 is 0 Å². The highest BCUT2D eigenvalue weighted by atomic mass is 16.5. The molecule has 0 saturated heterocycles. The van der Waals surface area contributed by atoms with E-state index in [0.717, 1.165) is 25.7 Å². The third-order valence-electron chi connectivity index (χ3n) is 3.50. The van der Waals surface area contributed by atoms with Crippen molar-refractivity contribution in [1.29, 1.82) is 0 Å². The molecule has 0 spiro atoms. The standard InChI is InChI=1S/C12H24O3/c1-9(2)12(3,14)8-15-11-6-4-10(13)5-7-11/h9-11,13-14H,4-8H2,1-3H3. The second-order valence-electron chi connectivity index (χ2n) is 5.25. The van der Waals surface area contributed by atoms with Crippen LogP contribution in [0.25, 0.3) is 0 Å². The van der Waals surface area contributed by atoms with Crippen molar-refractivity contribution in [3.8, 4) is 0 Å². The first-order valence-electron chi connectivity index (χ1n) is 5.94. The molecule has 1 fully saturated rings. The van der Waals surface area contributed by atoms with E-state index in [1.165, 1.54) is 0 Å². The minimum Gasteiger partial charge on any atom is -0.393 e. The molecule has 0 aliphatic heterocycles. The fourth-order valence-electron chi connectivity index (χ4n) is 1.67. The predicted molar refractivity (Wildman–Crippen MR) is 59.7 cm³/mol. The third-order valence-corrected chi connectivity index (χ3v) is 3.50. The first-order valence-corrected chi connectivity index (χ1v) is 5.94. The molecule has 0 heterocycles. The van der Waals surface area contributed by atoms with Crippen molar-refractivity contribution in [1.82, 2.24) is 0 Å². The summed E-state index contributed by atoms with van der Waals surface area (Å²) >= 11 is 0. The molecule has 3 nitrogen and oxygen atoms in total. The largest absolute Gasteiger partial charge is 0.393 e.